The van der Waals surface area contributed by atoms with Crippen LogP contribution in [0.3, 0.4) is 0 Å². The van der Waals surface area contributed by atoms with Crippen LogP contribution in [-0.4, -0.2) is 22.0 Å². The summed E-state index contributed by atoms with van der Waals surface area (Å²) in [7, 11) is 0. The van der Waals surface area contributed by atoms with E-state index in [9.17, 15) is 4.79 Å². The Morgan fingerprint density at radius 2 is 2.17 bits per heavy atom. The lowest BCUT2D eigenvalue weighted by molar-refractivity contribution is 0.0697. The third-order valence-electron chi connectivity index (χ3n) is 3.64. The van der Waals surface area contributed by atoms with Crippen molar-refractivity contribution in [3.63, 3.8) is 0 Å². The topological polar surface area (TPSA) is 62.2 Å². The molecule has 0 bridgehead atoms. The molecule has 1 saturated carbocycles. The Kier molecular flexibility index (Phi) is 4.58. The SMILES string of the molecule is Cc1nsc(NCCC2CCCCC2)c1C(=O)O. The van der Waals surface area contributed by atoms with Crippen molar-refractivity contribution in [2.45, 2.75) is 45.4 Å². The maximum Gasteiger partial charge on any atom is 0.340 e. The minimum absolute atomic E-state index is 0.337. The highest BCUT2D eigenvalue weighted by Crippen LogP contribution is 2.28. The number of aryl methyl sites for hydroxylation is 1. The van der Waals surface area contributed by atoms with E-state index in [4.69, 9.17) is 5.11 Å². The Morgan fingerprint density at radius 1 is 1.44 bits per heavy atom. The third kappa shape index (κ3) is 3.22. The van der Waals surface area contributed by atoms with Gasteiger partial charge in [0.1, 0.15) is 10.6 Å². The number of carboxylic acid groups (broad SMARTS) is 1. The Balaban J connectivity index is 1.84. The van der Waals surface area contributed by atoms with Crippen LogP contribution in [0.4, 0.5) is 5.00 Å². The van der Waals surface area contributed by atoms with Gasteiger partial charge in [-0.25, -0.2) is 4.79 Å². The van der Waals surface area contributed by atoms with Gasteiger partial charge in [0, 0.05) is 6.54 Å². The quantitative estimate of drug-likeness (QED) is 0.857. The molecule has 5 heteroatoms. The zero-order valence-electron chi connectivity index (χ0n) is 10.7. The van der Waals surface area contributed by atoms with Gasteiger partial charge in [0.25, 0.3) is 0 Å². The second-order valence-electron chi connectivity index (χ2n) is 5.00. The van der Waals surface area contributed by atoms with E-state index in [0.717, 1.165) is 18.9 Å². The summed E-state index contributed by atoms with van der Waals surface area (Å²) in [5.41, 5.74) is 0.941. The van der Waals surface area contributed by atoms with Crippen LogP contribution in [0.25, 0.3) is 0 Å². The molecule has 1 fully saturated rings. The molecule has 0 aliphatic heterocycles. The molecule has 0 saturated heterocycles. The minimum atomic E-state index is -0.888. The van der Waals surface area contributed by atoms with E-state index in [-0.39, 0.29) is 0 Å². The molecule has 2 rings (SSSR count). The number of hydrogen-bond donors (Lipinski definition) is 2. The molecule has 0 aromatic carbocycles. The number of rotatable bonds is 5. The van der Waals surface area contributed by atoms with Crippen LogP contribution in [-0.2, 0) is 0 Å². The average molecular weight is 268 g/mol. The molecule has 1 aromatic heterocycles. The van der Waals surface area contributed by atoms with Crippen molar-refractivity contribution in [3.8, 4) is 0 Å². The smallest absolute Gasteiger partial charge is 0.340 e. The lowest BCUT2D eigenvalue weighted by atomic mass is 9.87. The Bertz CT molecular complexity index is 411. The van der Waals surface area contributed by atoms with Crippen LogP contribution in [0.1, 0.15) is 54.6 Å². The molecule has 1 aromatic rings. The summed E-state index contributed by atoms with van der Waals surface area (Å²) in [5, 5.41) is 13.1. The summed E-state index contributed by atoms with van der Waals surface area (Å²) in [4.78, 5) is 11.1. The van der Waals surface area contributed by atoms with E-state index in [1.54, 1.807) is 6.92 Å². The van der Waals surface area contributed by atoms with Gasteiger partial charge >= 0.3 is 5.97 Å². The number of anilines is 1. The van der Waals surface area contributed by atoms with Gasteiger partial charge < -0.3 is 10.4 Å². The monoisotopic (exact) mass is 268 g/mol. The predicted molar refractivity (Wildman–Crippen MR) is 73.5 cm³/mol. The van der Waals surface area contributed by atoms with Crippen LogP contribution in [0, 0.1) is 12.8 Å². The summed E-state index contributed by atoms with van der Waals surface area (Å²) >= 11 is 1.25. The van der Waals surface area contributed by atoms with Crippen molar-refractivity contribution in [1.29, 1.82) is 0 Å². The van der Waals surface area contributed by atoms with Gasteiger partial charge in [0.15, 0.2) is 0 Å². The first kappa shape index (κ1) is 13.3. The van der Waals surface area contributed by atoms with Gasteiger partial charge in [-0.3, -0.25) is 0 Å². The molecule has 1 heterocycles. The molecule has 100 valence electrons. The fourth-order valence-electron chi connectivity index (χ4n) is 2.61. The van der Waals surface area contributed by atoms with Gasteiger partial charge in [-0.15, -0.1) is 0 Å². The number of carboxylic acids is 1. The highest BCUT2D eigenvalue weighted by Gasteiger charge is 2.18. The number of hydrogen-bond acceptors (Lipinski definition) is 4. The Labute approximate surface area is 112 Å². The van der Waals surface area contributed by atoms with Crippen LogP contribution in [0.5, 0.6) is 0 Å². The average Bonchev–Trinajstić information content (AvgIpc) is 2.72. The van der Waals surface area contributed by atoms with Gasteiger partial charge in [-0.05, 0) is 30.8 Å². The van der Waals surface area contributed by atoms with Gasteiger partial charge in [-0.1, -0.05) is 32.1 Å². The fourth-order valence-corrected chi connectivity index (χ4v) is 3.42. The number of nitrogens with zero attached hydrogens (tertiary/aromatic N) is 1. The molecule has 0 radical (unpaired) electrons. The molecular weight excluding hydrogens is 248 g/mol. The number of aromatic nitrogens is 1. The fraction of sp³-hybridized carbons (Fsp3) is 0.692. The van der Waals surface area contributed by atoms with Crippen molar-refractivity contribution in [2.24, 2.45) is 5.92 Å². The molecule has 2 N–H and O–H groups in total. The summed E-state index contributed by atoms with van der Waals surface area (Å²) in [6.07, 6.45) is 7.87. The molecule has 0 atom stereocenters. The maximum absolute atomic E-state index is 11.1. The lowest BCUT2D eigenvalue weighted by Gasteiger charge is -2.21. The van der Waals surface area contributed by atoms with Gasteiger partial charge in [0.05, 0.1) is 5.69 Å². The summed E-state index contributed by atoms with van der Waals surface area (Å²) in [6, 6.07) is 0. The summed E-state index contributed by atoms with van der Waals surface area (Å²) in [5.74, 6) is -0.0741. The molecule has 0 spiro atoms. The highest BCUT2D eigenvalue weighted by molar-refractivity contribution is 7.10. The molecule has 1 aliphatic carbocycles. The first-order valence-electron chi connectivity index (χ1n) is 6.62. The van der Waals surface area contributed by atoms with E-state index in [0.29, 0.717) is 16.3 Å². The molecular formula is C13H20N2O2S. The second kappa shape index (κ2) is 6.18. The zero-order chi connectivity index (χ0) is 13.0. The van der Waals surface area contributed by atoms with Crippen LogP contribution < -0.4 is 5.32 Å². The minimum Gasteiger partial charge on any atom is -0.478 e. The van der Waals surface area contributed by atoms with Crippen LogP contribution >= 0.6 is 11.5 Å². The Morgan fingerprint density at radius 3 is 2.83 bits per heavy atom. The first-order valence-corrected chi connectivity index (χ1v) is 7.39. The standard InChI is InChI=1S/C13H20N2O2S/c1-9-11(13(16)17)12(18-15-9)14-8-7-10-5-3-2-4-6-10/h10,14H,2-8H2,1H3,(H,16,17). The van der Waals surface area contributed by atoms with E-state index in [1.807, 2.05) is 0 Å². The third-order valence-corrected chi connectivity index (χ3v) is 4.54. The molecule has 0 amide bonds. The van der Waals surface area contributed by atoms with Crippen molar-refractivity contribution in [2.75, 3.05) is 11.9 Å². The van der Waals surface area contributed by atoms with Gasteiger partial charge in [-0.2, -0.15) is 4.37 Å². The maximum atomic E-state index is 11.1. The first-order chi connectivity index (χ1) is 8.68. The van der Waals surface area contributed by atoms with E-state index >= 15 is 0 Å². The number of carbonyl (C=O) groups is 1. The lowest BCUT2D eigenvalue weighted by Crippen LogP contribution is -2.13. The molecule has 4 nitrogen and oxygen atoms in total. The summed E-state index contributed by atoms with van der Waals surface area (Å²) < 4.78 is 4.10. The van der Waals surface area contributed by atoms with Gasteiger partial charge in [0.2, 0.25) is 0 Å². The molecule has 1 aliphatic rings. The van der Waals surface area contributed by atoms with Crippen LogP contribution in [0.2, 0.25) is 0 Å². The Hall–Kier alpha value is -1.10. The van der Waals surface area contributed by atoms with E-state index in [2.05, 4.69) is 9.69 Å². The normalized spacial score (nSPS) is 16.7. The van der Waals surface area contributed by atoms with Crippen molar-refractivity contribution < 1.29 is 9.90 Å². The van der Waals surface area contributed by atoms with Crippen molar-refractivity contribution in [1.82, 2.24) is 4.37 Å². The van der Waals surface area contributed by atoms with Crippen molar-refractivity contribution >= 4 is 22.5 Å². The van der Waals surface area contributed by atoms with E-state index in [1.165, 1.54) is 43.6 Å². The number of aromatic carboxylic acids is 1. The number of nitrogens with one attached hydrogen (secondary N) is 1. The second-order valence-corrected chi connectivity index (χ2v) is 5.77. The van der Waals surface area contributed by atoms with Crippen LogP contribution in [0.15, 0.2) is 0 Å². The van der Waals surface area contributed by atoms with Crippen molar-refractivity contribution in [3.05, 3.63) is 11.3 Å². The zero-order valence-corrected chi connectivity index (χ0v) is 11.6. The molecule has 0 unspecified atom stereocenters. The predicted octanol–water partition coefficient (Wildman–Crippen LogP) is 3.53. The van der Waals surface area contributed by atoms with E-state index < -0.39 is 5.97 Å². The largest absolute Gasteiger partial charge is 0.478 e. The highest BCUT2D eigenvalue weighted by atomic mass is 32.1. The summed E-state index contributed by atoms with van der Waals surface area (Å²) in [6.45, 7) is 2.60. The molecule has 18 heavy (non-hydrogen) atoms.